The van der Waals surface area contributed by atoms with E-state index in [9.17, 15) is 4.79 Å². The van der Waals surface area contributed by atoms with E-state index in [0.717, 1.165) is 12.2 Å². The summed E-state index contributed by atoms with van der Waals surface area (Å²) in [4.78, 5) is 12.1. The zero-order valence-corrected chi connectivity index (χ0v) is 21.0. The van der Waals surface area contributed by atoms with Crippen molar-refractivity contribution < 1.29 is 28.5 Å². The van der Waals surface area contributed by atoms with Crippen molar-refractivity contribution >= 4 is 11.6 Å². The van der Waals surface area contributed by atoms with Crippen LogP contribution in [0.4, 0.5) is 0 Å². The molecule has 0 aliphatic rings. The van der Waals surface area contributed by atoms with Crippen molar-refractivity contribution in [3.8, 4) is 40.3 Å². The normalized spacial score (nSPS) is 10.7. The predicted molar refractivity (Wildman–Crippen MR) is 136 cm³/mol. The molecule has 0 radical (unpaired) electrons. The number of carbonyl (C=O) groups excluding carboxylic acids is 1. The third kappa shape index (κ3) is 6.57. The van der Waals surface area contributed by atoms with Gasteiger partial charge in [-0.15, -0.1) is 15.3 Å². The van der Waals surface area contributed by atoms with E-state index in [2.05, 4.69) is 20.6 Å². The standard InChI is InChI=1S/C26H29N5O6/c1-4-14-35-18-5-7-19(8-6-18)37-17-24(32)27-13-15-36-25-12-11-23-28-29-26(31(23)30-25)21-16-20(33-2)9-10-22(21)34-3/h5-12,16H,4,13-15,17H2,1-3H3,(H,27,32). The molecule has 0 bridgehead atoms. The highest BCUT2D eigenvalue weighted by Gasteiger charge is 2.16. The van der Waals surface area contributed by atoms with Crippen molar-refractivity contribution in [3.05, 3.63) is 54.6 Å². The predicted octanol–water partition coefficient (Wildman–Crippen LogP) is 3.17. The van der Waals surface area contributed by atoms with Crippen LogP contribution in [0, 0.1) is 0 Å². The molecular formula is C26H29N5O6. The van der Waals surface area contributed by atoms with Crippen LogP contribution in [0.15, 0.2) is 54.6 Å². The number of rotatable bonds is 13. The Morgan fingerprint density at radius 3 is 2.35 bits per heavy atom. The molecule has 1 N–H and O–H groups in total. The topological polar surface area (TPSA) is 118 Å². The van der Waals surface area contributed by atoms with Crippen LogP contribution >= 0.6 is 0 Å². The SMILES string of the molecule is CCCOc1ccc(OCC(=O)NCCOc2ccc3nnc(-c4cc(OC)ccc4OC)n3n2)cc1. The first-order valence-corrected chi connectivity index (χ1v) is 11.8. The van der Waals surface area contributed by atoms with Crippen LogP contribution in [-0.4, -0.2) is 66.3 Å². The fourth-order valence-electron chi connectivity index (χ4n) is 3.40. The molecule has 0 saturated carbocycles. The van der Waals surface area contributed by atoms with Gasteiger partial charge >= 0.3 is 0 Å². The molecule has 2 heterocycles. The molecule has 0 unspecified atom stereocenters. The van der Waals surface area contributed by atoms with Gasteiger partial charge in [0.05, 0.1) is 32.9 Å². The number of benzene rings is 2. The fourth-order valence-corrected chi connectivity index (χ4v) is 3.40. The molecule has 0 aliphatic carbocycles. The third-order valence-electron chi connectivity index (χ3n) is 5.23. The number of methoxy groups -OCH3 is 2. The van der Waals surface area contributed by atoms with Crippen molar-refractivity contribution in [3.63, 3.8) is 0 Å². The van der Waals surface area contributed by atoms with Gasteiger partial charge in [0.25, 0.3) is 5.91 Å². The summed E-state index contributed by atoms with van der Waals surface area (Å²) < 4.78 is 29.1. The molecule has 2 aromatic carbocycles. The summed E-state index contributed by atoms with van der Waals surface area (Å²) in [7, 11) is 3.17. The summed E-state index contributed by atoms with van der Waals surface area (Å²) >= 11 is 0. The lowest BCUT2D eigenvalue weighted by atomic mass is 10.2. The first-order chi connectivity index (χ1) is 18.1. The van der Waals surface area contributed by atoms with Crippen molar-refractivity contribution in [2.24, 2.45) is 0 Å². The lowest BCUT2D eigenvalue weighted by Gasteiger charge is -2.10. The average Bonchev–Trinajstić information content (AvgIpc) is 3.36. The number of ether oxygens (including phenoxy) is 5. The van der Waals surface area contributed by atoms with Gasteiger partial charge in [-0.3, -0.25) is 4.79 Å². The molecule has 1 amide bonds. The molecule has 0 fully saturated rings. The molecule has 11 heteroatoms. The average molecular weight is 508 g/mol. The van der Waals surface area contributed by atoms with Crippen LogP contribution in [0.5, 0.6) is 28.9 Å². The highest BCUT2D eigenvalue weighted by atomic mass is 16.5. The van der Waals surface area contributed by atoms with Crippen molar-refractivity contribution in [1.29, 1.82) is 0 Å². The summed E-state index contributed by atoms with van der Waals surface area (Å²) in [6.07, 6.45) is 0.938. The van der Waals surface area contributed by atoms with Crippen molar-refractivity contribution in [2.75, 3.05) is 40.6 Å². The highest BCUT2D eigenvalue weighted by molar-refractivity contribution is 5.77. The summed E-state index contributed by atoms with van der Waals surface area (Å²) in [5.74, 6) is 3.18. The Morgan fingerprint density at radius 1 is 0.865 bits per heavy atom. The Labute approximate surface area is 214 Å². The second-order valence-corrected chi connectivity index (χ2v) is 7.84. The zero-order chi connectivity index (χ0) is 26.0. The molecule has 0 spiro atoms. The number of amides is 1. The number of fused-ring (bicyclic) bond motifs is 1. The minimum Gasteiger partial charge on any atom is -0.497 e. The largest absolute Gasteiger partial charge is 0.497 e. The molecular weight excluding hydrogens is 478 g/mol. The maximum absolute atomic E-state index is 12.1. The van der Waals surface area contributed by atoms with Crippen molar-refractivity contribution in [1.82, 2.24) is 25.1 Å². The second-order valence-electron chi connectivity index (χ2n) is 7.84. The fraction of sp³-hybridized carbons (Fsp3) is 0.308. The lowest BCUT2D eigenvalue weighted by molar-refractivity contribution is -0.123. The number of hydrogen-bond acceptors (Lipinski definition) is 9. The van der Waals surface area contributed by atoms with E-state index in [0.29, 0.717) is 46.8 Å². The molecule has 0 saturated heterocycles. The molecule has 37 heavy (non-hydrogen) atoms. The van der Waals surface area contributed by atoms with E-state index < -0.39 is 0 Å². The van der Waals surface area contributed by atoms with Gasteiger partial charge in [-0.2, -0.15) is 4.52 Å². The Balaban J connectivity index is 1.29. The van der Waals surface area contributed by atoms with Gasteiger partial charge in [0.15, 0.2) is 18.1 Å². The maximum atomic E-state index is 12.1. The second kappa shape index (κ2) is 12.4. The van der Waals surface area contributed by atoms with Crippen LogP contribution in [-0.2, 0) is 4.79 Å². The molecule has 4 rings (SSSR count). The molecule has 0 atom stereocenters. The molecule has 11 nitrogen and oxygen atoms in total. The Hall–Kier alpha value is -4.54. The number of aromatic nitrogens is 4. The lowest BCUT2D eigenvalue weighted by Crippen LogP contribution is -2.32. The Bertz CT molecular complexity index is 1330. The quantitative estimate of drug-likeness (QED) is 0.272. The van der Waals surface area contributed by atoms with Gasteiger partial charge in [-0.05, 0) is 55.0 Å². The first kappa shape index (κ1) is 25.5. The van der Waals surface area contributed by atoms with Gasteiger partial charge in [0.2, 0.25) is 5.88 Å². The van der Waals surface area contributed by atoms with E-state index in [1.807, 2.05) is 19.1 Å². The number of nitrogens with one attached hydrogen (secondary N) is 1. The first-order valence-electron chi connectivity index (χ1n) is 11.8. The minimum atomic E-state index is -0.260. The van der Waals surface area contributed by atoms with Gasteiger partial charge in [0.1, 0.15) is 29.6 Å². The van der Waals surface area contributed by atoms with E-state index in [1.54, 1.807) is 61.2 Å². The van der Waals surface area contributed by atoms with Crippen LogP contribution in [0.3, 0.4) is 0 Å². The van der Waals surface area contributed by atoms with Gasteiger partial charge < -0.3 is 29.0 Å². The number of hydrogen-bond donors (Lipinski definition) is 1. The number of carbonyl (C=O) groups is 1. The molecule has 2 aromatic heterocycles. The van der Waals surface area contributed by atoms with Gasteiger partial charge in [0, 0.05) is 6.07 Å². The maximum Gasteiger partial charge on any atom is 0.258 e. The van der Waals surface area contributed by atoms with Gasteiger partial charge in [-0.1, -0.05) is 6.92 Å². The minimum absolute atomic E-state index is 0.105. The van der Waals surface area contributed by atoms with E-state index in [1.165, 1.54) is 0 Å². The third-order valence-corrected chi connectivity index (χ3v) is 5.23. The van der Waals surface area contributed by atoms with Crippen LogP contribution in [0.2, 0.25) is 0 Å². The summed E-state index contributed by atoms with van der Waals surface area (Å²) in [5.41, 5.74) is 1.22. The van der Waals surface area contributed by atoms with E-state index in [-0.39, 0.29) is 25.7 Å². The Kier molecular flexibility index (Phi) is 8.58. The van der Waals surface area contributed by atoms with E-state index in [4.69, 9.17) is 23.7 Å². The smallest absolute Gasteiger partial charge is 0.258 e. The zero-order valence-electron chi connectivity index (χ0n) is 21.0. The van der Waals surface area contributed by atoms with Crippen LogP contribution in [0.25, 0.3) is 17.0 Å². The Morgan fingerprint density at radius 2 is 1.62 bits per heavy atom. The summed E-state index contributed by atoms with van der Waals surface area (Å²) in [6, 6.07) is 16.0. The van der Waals surface area contributed by atoms with Crippen LogP contribution < -0.4 is 29.0 Å². The van der Waals surface area contributed by atoms with Crippen molar-refractivity contribution in [2.45, 2.75) is 13.3 Å². The monoisotopic (exact) mass is 507 g/mol. The summed E-state index contributed by atoms with van der Waals surface area (Å²) in [5, 5.41) is 15.7. The molecule has 0 aliphatic heterocycles. The van der Waals surface area contributed by atoms with Crippen LogP contribution in [0.1, 0.15) is 13.3 Å². The highest BCUT2D eigenvalue weighted by Crippen LogP contribution is 2.32. The molecule has 4 aromatic rings. The van der Waals surface area contributed by atoms with E-state index >= 15 is 0 Å². The number of nitrogens with zero attached hydrogens (tertiary/aromatic N) is 4. The van der Waals surface area contributed by atoms with Gasteiger partial charge in [-0.25, -0.2) is 0 Å². The summed E-state index contributed by atoms with van der Waals surface area (Å²) in [6.45, 7) is 3.10. The molecule has 194 valence electrons.